The van der Waals surface area contributed by atoms with Gasteiger partial charge in [0.25, 0.3) is 0 Å². The van der Waals surface area contributed by atoms with E-state index in [1.54, 1.807) is 0 Å². The lowest BCUT2D eigenvalue weighted by Gasteiger charge is -2.10. The maximum Gasteiger partial charge on any atom is 0.237 e. The predicted molar refractivity (Wildman–Crippen MR) is 82.4 cm³/mol. The van der Waals surface area contributed by atoms with Gasteiger partial charge in [0, 0.05) is 18.1 Å². The number of carbonyl (C=O) groups is 1. The zero-order chi connectivity index (χ0) is 13.7. The van der Waals surface area contributed by atoms with Crippen LogP contribution < -0.4 is 10.6 Å². The molecule has 1 fully saturated rings. The number of benzene rings is 1. The van der Waals surface area contributed by atoms with Crippen LogP contribution in [0.5, 0.6) is 0 Å². The van der Waals surface area contributed by atoms with Crippen LogP contribution in [0.2, 0.25) is 5.02 Å². The predicted octanol–water partition coefficient (Wildman–Crippen LogP) is 1.53. The minimum atomic E-state index is -0.398. The van der Waals surface area contributed by atoms with Crippen LogP contribution in [0, 0.1) is 0 Å². The van der Waals surface area contributed by atoms with Crippen molar-refractivity contribution in [3.8, 4) is 0 Å². The number of carbonyl (C=O) groups excluding carboxylic acids is 1. The summed E-state index contributed by atoms with van der Waals surface area (Å²) in [6.45, 7) is 1.15. The summed E-state index contributed by atoms with van der Waals surface area (Å²) < 4.78 is 0. The Hall–Kier alpha value is -0.810. The summed E-state index contributed by atoms with van der Waals surface area (Å²) in [5.74, 6) is -0.0207. The van der Waals surface area contributed by atoms with Gasteiger partial charge in [0.1, 0.15) is 0 Å². The van der Waals surface area contributed by atoms with E-state index in [9.17, 15) is 9.90 Å². The lowest BCUT2D eigenvalue weighted by molar-refractivity contribution is -0.122. The van der Waals surface area contributed by atoms with Gasteiger partial charge in [-0.2, -0.15) is 0 Å². The molecule has 20 heavy (non-hydrogen) atoms. The van der Waals surface area contributed by atoms with Crippen LogP contribution in [0.25, 0.3) is 0 Å². The van der Waals surface area contributed by atoms with Gasteiger partial charge in [0.05, 0.1) is 12.1 Å². The molecule has 1 amide bonds. The van der Waals surface area contributed by atoms with Gasteiger partial charge in [-0.15, -0.1) is 12.4 Å². The minimum Gasteiger partial charge on any atom is -0.392 e. The van der Waals surface area contributed by atoms with Gasteiger partial charge >= 0.3 is 0 Å². The second-order valence-corrected chi connectivity index (χ2v) is 5.31. The molecule has 1 aromatic carbocycles. The van der Waals surface area contributed by atoms with E-state index < -0.39 is 6.10 Å². The highest BCUT2D eigenvalue weighted by Crippen LogP contribution is 2.11. The van der Waals surface area contributed by atoms with Crippen molar-refractivity contribution in [1.29, 1.82) is 0 Å². The van der Waals surface area contributed by atoms with Gasteiger partial charge in [0.15, 0.2) is 0 Å². The van der Waals surface area contributed by atoms with Crippen molar-refractivity contribution in [1.82, 2.24) is 10.6 Å². The fourth-order valence-corrected chi connectivity index (χ4v) is 2.32. The average Bonchev–Trinajstić information content (AvgIpc) is 2.83. The number of hydrogen-bond donors (Lipinski definition) is 3. The smallest absolute Gasteiger partial charge is 0.237 e. The van der Waals surface area contributed by atoms with Crippen molar-refractivity contribution in [3.63, 3.8) is 0 Å². The third-order valence-electron chi connectivity index (χ3n) is 3.28. The summed E-state index contributed by atoms with van der Waals surface area (Å²) in [6.07, 6.45) is 1.91. The van der Waals surface area contributed by atoms with Crippen molar-refractivity contribution in [2.75, 3.05) is 13.1 Å². The lowest BCUT2D eigenvalue weighted by Crippen LogP contribution is -2.40. The molecule has 112 valence electrons. The van der Waals surface area contributed by atoms with E-state index in [0.29, 0.717) is 19.5 Å². The number of aliphatic hydroxyl groups is 1. The molecular weight excluding hydrogens is 299 g/mol. The van der Waals surface area contributed by atoms with Crippen LogP contribution in [0.15, 0.2) is 24.3 Å². The van der Waals surface area contributed by atoms with Gasteiger partial charge in [-0.25, -0.2) is 0 Å². The molecule has 1 heterocycles. The number of amides is 1. The summed E-state index contributed by atoms with van der Waals surface area (Å²) in [5.41, 5.74) is 1.22. The highest BCUT2D eigenvalue weighted by Gasteiger charge is 2.27. The van der Waals surface area contributed by atoms with E-state index in [0.717, 1.165) is 17.9 Å². The standard InChI is InChI=1S/C14H19ClN2O2.ClH/c15-11-5-3-10(4-6-11)2-1-7-16-14(19)13-8-12(18)9-17-13;/h3-6,12-13,17-18H,1-2,7-9H2,(H,16,19);1H. The maximum absolute atomic E-state index is 11.7. The second-order valence-electron chi connectivity index (χ2n) is 4.87. The Kier molecular flexibility index (Phi) is 7.30. The molecule has 0 spiro atoms. The fraction of sp³-hybridized carbons (Fsp3) is 0.500. The lowest BCUT2D eigenvalue weighted by atomic mass is 10.1. The number of nitrogens with one attached hydrogen (secondary N) is 2. The molecule has 3 N–H and O–H groups in total. The van der Waals surface area contributed by atoms with Gasteiger partial charge in [-0.3, -0.25) is 4.79 Å². The number of β-amino-alcohol motifs (C(OH)–C–C–N with tert-alkyl or cyclic N) is 1. The summed E-state index contributed by atoms with van der Waals surface area (Å²) in [6, 6.07) is 7.50. The van der Waals surface area contributed by atoms with Gasteiger partial charge < -0.3 is 15.7 Å². The summed E-state index contributed by atoms with van der Waals surface area (Å²) in [4.78, 5) is 11.7. The highest BCUT2D eigenvalue weighted by molar-refractivity contribution is 6.30. The molecule has 0 aliphatic carbocycles. The first-order valence-electron chi connectivity index (χ1n) is 6.59. The van der Waals surface area contributed by atoms with Crippen LogP contribution in [0.1, 0.15) is 18.4 Å². The third-order valence-corrected chi connectivity index (χ3v) is 3.53. The molecule has 1 aromatic rings. The Labute approximate surface area is 130 Å². The van der Waals surface area contributed by atoms with Crippen LogP contribution >= 0.6 is 24.0 Å². The molecule has 2 atom stereocenters. The third kappa shape index (κ3) is 5.29. The molecular formula is C14H20Cl2N2O2. The Morgan fingerprint density at radius 2 is 2.10 bits per heavy atom. The molecule has 0 radical (unpaired) electrons. The molecule has 4 nitrogen and oxygen atoms in total. The maximum atomic E-state index is 11.7. The molecule has 0 saturated carbocycles. The first kappa shape index (κ1) is 17.2. The second kappa shape index (κ2) is 8.47. The molecule has 1 saturated heterocycles. The van der Waals surface area contributed by atoms with Gasteiger partial charge in [0.2, 0.25) is 5.91 Å². The Balaban J connectivity index is 0.00000200. The van der Waals surface area contributed by atoms with E-state index >= 15 is 0 Å². The number of hydrogen-bond acceptors (Lipinski definition) is 3. The number of aryl methyl sites for hydroxylation is 1. The van der Waals surface area contributed by atoms with Crippen molar-refractivity contribution in [2.24, 2.45) is 0 Å². The molecule has 6 heteroatoms. The van der Waals surface area contributed by atoms with Gasteiger partial charge in [-0.1, -0.05) is 23.7 Å². The average molecular weight is 319 g/mol. The summed E-state index contributed by atoms with van der Waals surface area (Å²) in [7, 11) is 0. The zero-order valence-corrected chi connectivity index (χ0v) is 12.7. The van der Waals surface area contributed by atoms with E-state index in [1.807, 2.05) is 24.3 Å². The summed E-state index contributed by atoms with van der Waals surface area (Å²) in [5, 5.41) is 16.0. The minimum absolute atomic E-state index is 0. The normalized spacial score (nSPS) is 21.3. The monoisotopic (exact) mass is 318 g/mol. The Morgan fingerprint density at radius 3 is 2.70 bits per heavy atom. The van der Waals surface area contributed by atoms with E-state index in [1.165, 1.54) is 5.56 Å². The molecule has 0 aromatic heterocycles. The first-order chi connectivity index (χ1) is 9.15. The molecule has 2 unspecified atom stereocenters. The van der Waals surface area contributed by atoms with Crippen LogP contribution in [0.3, 0.4) is 0 Å². The van der Waals surface area contributed by atoms with Gasteiger partial charge in [-0.05, 0) is 37.0 Å². The Morgan fingerprint density at radius 1 is 1.40 bits per heavy atom. The molecule has 2 rings (SSSR count). The molecule has 1 aliphatic heterocycles. The van der Waals surface area contributed by atoms with E-state index in [2.05, 4.69) is 10.6 Å². The Bertz CT molecular complexity index is 426. The van der Waals surface area contributed by atoms with Crippen molar-refractivity contribution >= 4 is 29.9 Å². The molecule has 0 bridgehead atoms. The number of rotatable bonds is 5. The fourth-order valence-electron chi connectivity index (χ4n) is 2.20. The quantitative estimate of drug-likeness (QED) is 0.722. The zero-order valence-electron chi connectivity index (χ0n) is 11.1. The highest BCUT2D eigenvalue weighted by atomic mass is 35.5. The van der Waals surface area contributed by atoms with Crippen molar-refractivity contribution in [3.05, 3.63) is 34.9 Å². The van der Waals surface area contributed by atoms with Crippen LogP contribution in [0.4, 0.5) is 0 Å². The van der Waals surface area contributed by atoms with Crippen molar-refractivity contribution in [2.45, 2.75) is 31.4 Å². The van der Waals surface area contributed by atoms with E-state index in [4.69, 9.17) is 11.6 Å². The number of halogens is 2. The summed E-state index contributed by atoms with van der Waals surface area (Å²) >= 11 is 5.81. The van der Waals surface area contributed by atoms with Crippen LogP contribution in [-0.2, 0) is 11.2 Å². The first-order valence-corrected chi connectivity index (χ1v) is 6.96. The topological polar surface area (TPSA) is 61.4 Å². The number of aliphatic hydroxyl groups excluding tert-OH is 1. The largest absolute Gasteiger partial charge is 0.392 e. The van der Waals surface area contributed by atoms with Crippen LogP contribution in [-0.4, -0.2) is 36.2 Å². The van der Waals surface area contributed by atoms with E-state index in [-0.39, 0.29) is 24.4 Å². The molecule has 1 aliphatic rings. The SMILES string of the molecule is Cl.O=C(NCCCc1ccc(Cl)cc1)C1CC(O)CN1. The van der Waals surface area contributed by atoms with Crippen molar-refractivity contribution < 1.29 is 9.90 Å².